The van der Waals surface area contributed by atoms with E-state index in [0.29, 0.717) is 11.7 Å². The van der Waals surface area contributed by atoms with Crippen LogP contribution in [0.1, 0.15) is 43.1 Å². The van der Waals surface area contributed by atoms with Gasteiger partial charge in [-0.05, 0) is 35.6 Å². The summed E-state index contributed by atoms with van der Waals surface area (Å²) >= 11 is 1.39. The maximum atomic E-state index is 12.3. The molecule has 0 saturated carbocycles. The van der Waals surface area contributed by atoms with Crippen molar-refractivity contribution in [2.75, 3.05) is 11.1 Å². The highest BCUT2D eigenvalue weighted by molar-refractivity contribution is 7.99. The first kappa shape index (κ1) is 20.1. The lowest BCUT2D eigenvalue weighted by atomic mass is 9.99. The third kappa shape index (κ3) is 5.23. The van der Waals surface area contributed by atoms with Gasteiger partial charge in [0.25, 0.3) is 0 Å². The van der Waals surface area contributed by atoms with Gasteiger partial charge in [0.05, 0.1) is 5.75 Å². The normalized spacial score (nSPS) is 12.0. The first-order valence-corrected chi connectivity index (χ1v) is 10.5. The van der Waals surface area contributed by atoms with Crippen LogP contribution in [-0.4, -0.2) is 26.4 Å². The highest BCUT2D eigenvalue weighted by Gasteiger charge is 2.12. The minimum atomic E-state index is -0.0473. The Morgan fingerprint density at radius 2 is 1.82 bits per heavy atom. The van der Waals surface area contributed by atoms with Crippen LogP contribution in [0.25, 0.3) is 0 Å². The Morgan fingerprint density at radius 1 is 1.11 bits per heavy atom. The molecule has 146 valence electrons. The molecule has 0 unspecified atom stereocenters. The van der Waals surface area contributed by atoms with Crippen molar-refractivity contribution in [2.45, 2.75) is 37.8 Å². The van der Waals surface area contributed by atoms with E-state index in [1.807, 2.05) is 41.9 Å². The molecular weight excluding hydrogens is 368 g/mol. The molecule has 5 nitrogen and oxygen atoms in total. The van der Waals surface area contributed by atoms with Gasteiger partial charge in [-0.1, -0.05) is 68.1 Å². The van der Waals surface area contributed by atoms with Gasteiger partial charge in [-0.2, -0.15) is 0 Å². The van der Waals surface area contributed by atoms with Crippen LogP contribution in [0.4, 0.5) is 5.69 Å². The van der Waals surface area contributed by atoms with E-state index in [1.54, 1.807) is 0 Å². The van der Waals surface area contributed by atoms with E-state index in [0.717, 1.165) is 29.5 Å². The number of aromatic nitrogens is 3. The van der Waals surface area contributed by atoms with Gasteiger partial charge in [0.1, 0.15) is 5.82 Å². The number of carbonyl (C=O) groups is 1. The fraction of sp³-hybridized carbons (Fsp3) is 0.318. The first-order chi connectivity index (χ1) is 13.6. The smallest absolute Gasteiger partial charge is 0.234 e. The Kier molecular flexibility index (Phi) is 6.87. The third-order valence-corrected chi connectivity index (χ3v) is 5.86. The number of hydrogen-bond donors (Lipinski definition) is 1. The molecule has 0 aliphatic carbocycles. The van der Waals surface area contributed by atoms with Gasteiger partial charge in [-0.3, -0.25) is 4.79 Å². The maximum Gasteiger partial charge on any atom is 0.234 e. The van der Waals surface area contributed by atoms with E-state index in [2.05, 4.69) is 53.6 Å². The summed E-state index contributed by atoms with van der Waals surface area (Å²) in [7, 11) is 1.94. The summed E-state index contributed by atoms with van der Waals surface area (Å²) in [4.78, 5) is 12.3. The van der Waals surface area contributed by atoms with Crippen LogP contribution in [0.3, 0.4) is 0 Å². The van der Waals surface area contributed by atoms with Gasteiger partial charge < -0.3 is 9.88 Å². The molecule has 1 heterocycles. The first-order valence-electron chi connectivity index (χ1n) is 9.51. The Hall–Kier alpha value is -2.60. The van der Waals surface area contributed by atoms with E-state index in [4.69, 9.17) is 0 Å². The number of hydrogen-bond acceptors (Lipinski definition) is 4. The average molecular weight is 395 g/mol. The van der Waals surface area contributed by atoms with Gasteiger partial charge in [0.2, 0.25) is 5.91 Å². The van der Waals surface area contributed by atoms with Crippen LogP contribution >= 0.6 is 11.8 Å². The molecule has 0 spiro atoms. The van der Waals surface area contributed by atoms with E-state index in [1.165, 1.54) is 22.9 Å². The number of carbonyl (C=O) groups excluding carboxylic acids is 1. The number of thioether (sulfide) groups is 1. The Bertz CT molecular complexity index is 906. The molecule has 3 rings (SSSR count). The molecule has 0 saturated heterocycles. The molecule has 0 radical (unpaired) electrons. The standard InChI is InChI=1S/C22H26N4OS/c1-4-16(2)18-10-12-19(13-11-18)23-21(27)15-28-22-25-24-20(26(22)3)14-17-8-6-5-7-9-17/h5-13,16H,4,14-15H2,1-3H3,(H,23,27)/t16-/m1/s1. The molecule has 1 amide bonds. The highest BCUT2D eigenvalue weighted by Crippen LogP contribution is 2.21. The van der Waals surface area contributed by atoms with Gasteiger partial charge in [0, 0.05) is 19.2 Å². The topological polar surface area (TPSA) is 59.8 Å². The average Bonchev–Trinajstić information content (AvgIpc) is 3.06. The van der Waals surface area contributed by atoms with Crippen molar-refractivity contribution in [2.24, 2.45) is 7.05 Å². The Morgan fingerprint density at radius 3 is 2.50 bits per heavy atom. The summed E-state index contributed by atoms with van der Waals surface area (Å²) in [6, 6.07) is 18.3. The molecule has 0 fully saturated rings. The molecular formula is C22H26N4OS. The van der Waals surface area contributed by atoms with Crippen LogP contribution in [0.2, 0.25) is 0 Å². The van der Waals surface area contributed by atoms with Crippen molar-refractivity contribution in [3.05, 3.63) is 71.5 Å². The van der Waals surface area contributed by atoms with Gasteiger partial charge >= 0.3 is 0 Å². The Balaban J connectivity index is 1.53. The van der Waals surface area contributed by atoms with E-state index < -0.39 is 0 Å². The summed E-state index contributed by atoms with van der Waals surface area (Å²) in [6.07, 6.45) is 1.83. The van der Waals surface area contributed by atoms with Gasteiger partial charge in [-0.15, -0.1) is 10.2 Å². The van der Waals surface area contributed by atoms with E-state index >= 15 is 0 Å². The second-order valence-corrected chi connectivity index (χ2v) is 7.83. The highest BCUT2D eigenvalue weighted by atomic mass is 32.2. The van der Waals surface area contributed by atoms with Crippen molar-refractivity contribution in [3.8, 4) is 0 Å². The lowest BCUT2D eigenvalue weighted by Crippen LogP contribution is -2.14. The van der Waals surface area contributed by atoms with Crippen molar-refractivity contribution >= 4 is 23.4 Å². The number of nitrogens with one attached hydrogen (secondary N) is 1. The number of amides is 1. The van der Waals surface area contributed by atoms with Crippen LogP contribution < -0.4 is 5.32 Å². The van der Waals surface area contributed by atoms with Crippen LogP contribution in [0.15, 0.2) is 59.8 Å². The van der Waals surface area contributed by atoms with Crippen molar-refractivity contribution in [1.82, 2.24) is 14.8 Å². The van der Waals surface area contributed by atoms with Gasteiger partial charge in [-0.25, -0.2) is 0 Å². The van der Waals surface area contributed by atoms with E-state index in [9.17, 15) is 4.79 Å². The predicted octanol–water partition coefficient (Wildman–Crippen LogP) is 4.65. The third-order valence-electron chi connectivity index (χ3n) is 4.84. The molecule has 1 N–H and O–H groups in total. The molecule has 1 aromatic heterocycles. The largest absolute Gasteiger partial charge is 0.325 e. The lowest BCUT2D eigenvalue weighted by molar-refractivity contribution is -0.113. The zero-order valence-corrected chi connectivity index (χ0v) is 17.4. The zero-order valence-electron chi connectivity index (χ0n) is 16.6. The Labute approximate surface area is 170 Å². The molecule has 0 aliphatic rings. The SMILES string of the molecule is CC[C@@H](C)c1ccc(NC(=O)CSc2nnc(Cc3ccccc3)n2C)cc1. The molecule has 28 heavy (non-hydrogen) atoms. The molecule has 2 aromatic carbocycles. The molecule has 0 aliphatic heterocycles. The summed E-state index contributed by atoms with van der Waals surface area (Å²) in [5.41, 5.74) is 3.30. The minimum absolute atomic E-state index is 0.0473. The fourth-order valence-electron chi connectivity index (χ4n) is 2.86. The van der Waals surface area contributed by atoms with E-state index in [-0.39, 0.29) is 5.91 Å². The fourth-order valence-corrected chi connectivity index (χ4v) is 3.59. The second kappa shape index (κ2) is 9.55. The van der Waals surface area contributed by atoms with Crippen molar-refractivity contribution < 1.29 is 4.79 Å². The van der Waals surface area contributed by atoms with Crippen LogP contribution in [-0.2, 0) is 18.3 Å². The second-order valence-electron chi connectivity index (χ2n) is 6.89. The number of benzene rings is 2. The zero-order chi connectivity index (χ0) is 19.9. The van der Waals surface area contributed by atoms with Crippen molar-refractivity contribution in [3.63, 3.8) is 0 Å². The quantitative estimate of drug-likeness (QED) is 0.565. The number of rotatable bonds is 8. The predicted molar refractivity (Wildman–Crippen MR) is 115 cm³/mol. The number of nitrogens with zero attached hydrogens (tertiary/aromatic N) is 3. The number of anilines is 1. The summed E-state index contributed by atoms with van der Waals surface area (Å²) in [6.45, 7) is 4.38. The van der Waals surface area contributed by atoms with Crippen LogP contribution in [0, 0.1) is 0 Å². The summed E-state index contributed by atoms with van der Waals surface area (Å²) < 4.78 is 1.95. The maximum absolute atomic E-state index is 12.3. The monoisotopic (exact) mass is 394 g/mol. The minimum Gasteiger partial charge on any atom is -0.325 e. The molecule has 0 bridgehead atoms. The molecule has 6 heteroatoms. The molecule has 1 atom stereocenters. The van der Waals surface area contributed by atoms with Crippen molar-refractivity contribution in [1.29, 1.82) is 0 Å². The van der Waals surface area contributed by atoms with Gasteiger partial charge in [0.15, 0.2) is 5.16 Å². The summed E-state index contributed by atoms with van der Waals surface area (Å²) in [5, 5.41) is 12.2. The summed E-state index contributed by atoms with van der Waals surface area (Å²) in [5.74, 6) is 1.66. The molecule has 3 aromatic rings. The lowest BCUT2D eigenvalue weighted by Gasteiger charge is -2.10. The van der Waals surface area contributed by atoms with Crippen LogP contribution in [0.5, 0.6) is 0 Å².